The molecule has 172 valence electrons. The third-order valence-electron chi connectivity index (χ3n) is 6.39. The first-order valence-corrected chi connectivity index (χ1v) is 11.5. The Bertz CT molecular complexity index is 1040. The lowest BCUT2D eigenvalue weighted by atomic mass is 9.95. The van der Waals surface area contributed by atoms with Crippen molar-refractivity contribution in [1.29, 1.82) is 0 Å². The number of carbonyl (C=O) groups is 3. The average Bonchev–Trinajstić information content (AvgIpc) is 3.06. The number of anilines is 1. The van der Waals surface area contributed by atoms with Crippen LogP contribution in [0.1, 0.15) is 36.8 Å². The first-order chi connectivity index (χ1) is 16.1. The van der Waals surface area contributed by atoms with Crippen LogP contribution < -0.4 is 14.8 Å². The van der Waals surface area contributed by atoms with Crippen LogP contribution in [0.5, 0.6) is 11.5 Å². The minimum Gasteiger partial charge on any atom is -0.486 e. The van der Waals surface area contributed by atoms with Gasteiger partial charge in [-0.2, -0.15) is 0 Å². The van der Waals surface area contributed by atoms with Crippen LogP contribution in [0.4, 0.5) is 10.5 Å². The van der Waals surface area contributed by atoms with E-state index >= 15 is 0 Å². The maximum Gasteiger partial charge on any atom is 0.327 e. The van der Waals surface area contributed by atoms with Gasteiger partial charge in [-0.25, -0.2) is 4.79 Å². The van der Waals surface area contributed by atoms with Crippen LogP contribution in [0.15, 0.2) is 42.5 Å². The highest BCUT2D eigenvalue weighted by atomic mass is 16.6. The van der Waals surface area contributed by atoms with Crippen LogP contribution in [-0.2, 0) is 22.6 Å². The van der Waals surface area contributed by atoms with Crippen LogP contribution in [0.2, 0.25) is 0 Å². The number of ether oxygens (including phenoxy) is 2. The third kappa shape index (κ3) is 4.37. The number of urea groups is 1. The Balaban J connectivity index is 1.06. The van der Waals surface area contributed by atoms with E-state index in [0.717, 1.165) is 17.5 Å². The minimum absolute atomic E-state index is 0.0742. The summed E-state index contributed by atoms with van der Waals surface area (Å²) < 4.78 is 11.0. The van der Waals surface area contributed by atoms with Crippen molar-refractivity contribution in [1.82, 2.24) is 9.80 Å². The number of rotatable bonds is 7. The van der Waals surface area contributed by atoms with E-state index in [0.29, 0.717) is 69.2 Å². The lowest BCUT2D eigenvalue weighted by Crippen LogP contribution is -2.39. The average molecular weight is 450 g/mol. The number of carbonyl (C=O) groups excluding carboxylic acids is 3. The third-order valence-corrected chi connectivity index (χ3v) is 6.39. The number of unbranched alkanes of at least 4 members (excludes halogenated alkanes) is 2. The Morgan fingerprint density at radius 3 is 2.61 bits per heavy atom. The van der Waals surface area contributed by atoms with E-state index in [9.17, 15) is 14.4 Å². The number of hydrogen-bond donors (Lipinski definition) is 1. The van der Waals surface area contributed by atoms with Crippen LogP contribution in [0, 0.1) is 0 Å². The molecule has 2 aromatic rings. The topological polar surface area (TPSA) is 88.2 Å². The molecule has 5 rings (SSSR count). The highest BCUT2D eigenvalue weighted by Crippen LogP contribution is 2.33. The lowest BCUT2D eigenvalue weighted by Gasteiger charge is -2.28. The quantitative estimate of drug-likeness (QED) is 0.517. The summed E-state index contributed by atoms with van der Waals surface area (Å²) in [5.41, 5.74) is 2.93. The predicted octanol–water partition coefficient (Wildman–Crippen LogP) is 3.35. The summed E-state index contributed by atoms with van der Waals surface area (Å²) in [6.45, 7) is 1.91. The molecular weight excluding hydrogens is 422 g/mol. The largest absolute Gasteiger partial charge is 0.486 e. The van der Waals surface area contributed by atoms with Gasteiger partial charge >= 0.3 is 6.03 Å². The summed E-state index contributed by atoms with van der Waals surface area (Å²) in [6.07, 6.45) is 3.08. The highest BCUT2D eigenvalue weighted by molar-refractivity contribution is 6.04. The molecule has 8 heteroatoms. The number of hydrogen-bond acceptors (Lipinski definition) is 5. The number of benzene rings is 2. The van der Waals surface area contributed by atoms with Gasteiger partial charge in [0.15, 0.2) is 11.5 Å². The zero-order valence-corrected chi connectivity index (χ0v) is 18.4. The molecule has 2 aromatic carbocycles. The summed E-state index contributed by atoms with van der Waals surface area (Å²) in [5.74, 6) is 1.14. The Hall–Kier alpha value is -3.55. The van der Waals surface area contributed by atoms with E-state index in [1.54, 1.807) is 23.1 Å². The van der Waals surface area contributed by atoms with Crippen molar-refractivity contribution >= 4 is 23.5 Å². The molecule has 3 aliphatic rings. The fraction of sp³-hybridized carbons (Fsp3) is 0.400. The minimum atomic E-state index is -0.385. The molecule has 4 amide bonds. The second-order valence-corrected chi connectivity index (χ2v) is 8.61. The van der Waals surface area contributed by atoms with Crippen LogP contribution in [0.25, 0.3) is 0 Å². The predicted molar refractivity (Wildman–Crippen MR) is 121 cm³/mol. The van der Waals surface area contributed by atoms with Crippen LogP contribution in [-0.4, -0.2) is 53.4 Å². The summed E-state index contributed by atoms with van der Waals surface area (Å²) in [7, 11) is 0. The maximum atomic E-state index is 12.8. The molecule has 0 aliphatic carbocycles. The summed E-state index contributed by atoms with van der Waals surface area (Å²) in [6, 6.07) is 12.7. The molecule has 0 spiro atoms. The van der Waals surface area contributed by atoms with E-state index < -0.39 is 0 Å². The number of fused-ring (bicyclic) bond motifs is 3. The van der Waals surface area contributed by atoms with Gasteiger partial charge in [-0.05, 0) is 36.1 Å². The van der Waals surface area contributed by atoms with Gasteiger partial charge in [0.1, 0.15) is 19.3 Å². The molecule has 0 saturated carbocycles. The van der Waals surface area contributed by atoms with Crippen molar-refractivity contribution in [3.8, 4) is 11.5 Å². The Kier molecular flexibility index (Phi) is 5.90. The molecule has 0 unspecified atom stereocenters. The molecule has 1 saturated heterocycles. The van der Waals surface area contributed by atoms with Gasteiger partial charge in [-0.3, -0.25) is 14.5 Å². The Morgan fingerprint density at radius 2 is 1.76 bits per heavy atom. The molecule has 0 aromatic heterocycles. The molecular formula is C25H27N3O5. The first kappa shape index (κ1) is 21.3. The van der Waals surface area contributed by atoms with Crippen molar-refractivity contribution < 1.29 is 23.9 Å². The number of imide groups is 1. The summed E-state index contributed by atoms with van der Waals surface area (Å²) in [5, 5.41) is 2.88. The fourth-order valence-electron chi connectivity index (χ4n) is 4.66. The summed E-state index contributed by atoms with van der Waals surface area (Å²) >= 11 is 0. The second-order valence-electron chi connectivity index (χ2n) is 8.61. The zero-order valence-electron chi connectivity index (χ0n) is 18.4. The number of nitrogens with zero attached hydrogens (tertiary/aromatic N) is 2. The second kappa shape index (κ2) is 9.13. The number of amides is 4. The normalized spacial score (nSPS) is 18.7. The fourth-order valence-corrected chi connectivity index (χ4v) is 4.66. The number of nitrogens with one attached hydrogen (secondary N) is 1. The standard InChI is InChI=1S/C25H27N3O5/c29-23(26-19-9-10-21-22(15-19)33-13-12-32-21)8-2-1-5-11-27-24(30)20-14-17-6-3-4-7-18(17)16-28(20)25(27)31/h3-4,6-7,9-10,15,20H,1-2,5,8,11-14,16H2,(H,26,29)/t20-/m0/s1. The van der Waals surface area contributed by atoms with E-state index in [2.05, 4.69) is 5.32 Å². The van der Waals surface area contributed by atoms with Gasteiger partial charge in [0.2, 0.25) is 5.91 Å². The van der Waals surface area contributed by atoms with E-state index in [-0.39, 0.29) is 23.9 Å². The summed E-state index contributed by atoms with van der Waals surface area (Å²) in [4.78, 5) is 40.9. The Labute approximate surface area is 192 Å². The molecule has 1 fully saturated rings. The van der Waals surface area contributed by atoms with Gasteiger partial charge in [-0.15, -0.1) is 0 Å². The van der Waals surface area contributed by atoms with Gasteiger partial charge in [0.25, 0.3) is 5.91 Å². The molecule has 0 bridgehead atoms. The molecule has 1 atom stereocenters. The Morgan fingerprint density at radius 1 is 0.970 bits per heavy atom. The van der Waals surface area contributed by atoms with E-state index in [1.807, 2.05) is 24.3 Å². The molecule has 33 heavy (non-hydrogen) atoms. The highest BCUT2D eigenvalue weighted by Gasteiger charge is 2.46. The van der Waals surface area contributed by atoms with E-state index in [4.69, 9.17) is 9.47 Å². The SMILES string of the molecule is O=C(CCCCCN1C(=O)[C@@H]2Cc3ccccc3CN2C1=O)Nc1ccc2c(c1)OCCO2. The van der Waals surface area contributed by atoms with Gasteiger partial charge in [-0.1, -0.05) is 30.7 Å². The maximum absolute atomic E-state index is 12.8. The van der Waals surface area contributed by atoms with Crippen molar-refractivity contribution in [2.75, 3.05) is 25.1 Å². The van der Waals surface area contributed by atoms with Crippen molar-refractivity contribution in [3.63, 3.8) is 0 Å². The van der Waals surface area contributed by atoms with Crippen LogP contribution >= 0.6 is 0 Å². The van der Waals surface area contributed by atoms with Crippen molar-refractivity contribution in [3.05, 3.63) is 53.6 Å². The monoisotopic (exact) mass is 449 g/mol. The van der Waals surface area contributed by atoms with Gasteiger partial charge < -0.3 is 19.7 Å². The molecule has 8 nitrogen and oxygen atoms in total. The van der Waals surface area contributed by atoms with Gasteiger partial charge in [0.05, 0.1) is 0 Å². The lowest BCUT2D eigenvalue weighted by molar-refractivity contribution is -0.128. The van der Waals surface area contributed by atoms with E-state index in [1.165, 1.54) is 4.90 Å². The first-order valence-electron chi connectivity index (χ1n) is 11.5. The zero-order chi connectivity index (χ0) is 22.8. The van der Waals surface area contributed by atoms with Gasteiger partial charge in [0, 0.05) is 37.7 Å². The molecule has 1 N–H and O–H groups in total. The molecule has 0 radical (unpaired) electrons. The van der Waals surface area contributed by atoms with Crippen LogP contribution in [0.3, 0.4) is 0 Å². The smallest absolute Gasteiger partial charge is 0.327 e. The van der Waals surface area contributed by atoms with Crippen molar-refractivity contribution in [2.24, 2.45) is 0 Å². The van der Waals surface area contributed by atoms with Crippen molar-refractivity contribution in [2.45, 2.75) is 44.7 Å². The molecule has 3 heterocycles. The molecule has 3 aliphatic heterocycles.